The molecule has 1 N–H and O–H groups in total. The van der Waals surface area contributed by atoms with E-state index in [-0.39, 0.29) is 5.91 Å². The molecule has 1 unspecified atom stereocenters. The van der Waals surface area contributed by atoms with Gasteiger partial charge < -0.3 is 14.8 Å². The molecule has 1 amide bonds. The Bertz CT molecular complexity index is 830. The molecule has 6 nitrogen and oxygen atoms in total. The largest absolute Gasteiger partial charge is 0.497 e. The second-order valence-corrected chi connectivity index (χ2v) is 5.72. The first kappa shape index (κ1) is 14.6. The Morgan fingerprint density at radius 3 is 2.50 bits per heavy atom. The SMILES string of the molecule is COc1ccc(N2N=C3Cc4ccc(OC)cc4NC3C2=O)cc1. The van der Waals surface area contributed by atoms with Crippen LogP contribution in [-0.2, 0) is 11.2 Å². The van der Waals surface area contributed by atoms with Gasteiger partial charge in [0.25, 0.3) is 5.91 Å². The van der Waals surface area contributed by atoms with Gasteiger partial charge in [-0.2, -0.15) is 10.1 Å². The van der Waals surface area contributed by atoms with Crippen LogP contribution < -0.4 is 19.8 Å². The van der Waals surface area contributed by atoms with Crippen LogP contribution in [0.15, 0.2) is 47.6 Å². The number of hydrogen-bond acceptors (Lipinski definition) is 5. The van der Waals surface area contributed by atoms with Gasteiger partial charge in [0.1, 0.15) is 17.5 Å². The number of benzene rings is 2. The molecule has 6 heteroatoms. The van der Waals surface area contributed by atoms with Crippen molar-refractivity contribution in [2.75, 3.05) is 24.5 Å². The highest BCUT2D eigenvalue weighted by Gasteiger charge is 2.39. The van der Waals surface area contributed by atoms with Crippen molar-refractivity contribution in [3.63, 3.8) is 0 Å². The van der Waals surface area contributed by atoms with Crippen molar-refractivity contribution in [2.45, 2.75) is 12.5 Å². The van der Waals surface area contributed by atoms with Crippen molar-refractivity contribution in [3.05, 3.63) is 48.0 Å². The van der Waals surface area contributed by atoms with E-state index in [9.17, 15) is 4.79 Å². The van der Waals surface area contributed by atoms with Gasteiger partial charge in [-0.3, -0.25) is 4.79 Å². The van der Waals surface area contributed by atoms with Crippen LogP contribution in [0, 0.1) is 0 Å². The second-order valence-electron chi connectivity index (χ2n) is 5.72. The predicted octanol–water partition coefficient (Wildman–Crippen LogP) is 2.44. The number of fused-ring (bicyclic) bond motifs is 2. The monoisotopic (exact) mass is 323 g/mol. The molecule has 0 spiro atoms. The third kappa shape index (κ3) is 2.27. The zero-order chi connectivity index (χ0) is 16.7. The van der Waals surface area contributed by atoms with Gasteiger partial charge >= 0.3 is 0 Å². The third-order valence-electron chi connectivity index (χ3n) is 4.32. The third-order valence-corrected chi connectivity index (χ3v) is 4.32. The number of nitrogens with one attached hydrogen (secondary N) is 1. The number of rotatable bonds is 3. The Kier molecular flexibility index (Phi) is 3.37. The van der Waals surface area contributed by atoms with E-state index < -0.39 is 6.04 Å². The zero-order valence-corrected chi connectivity index (χ0v) is 13.4. The highest BCUT2D eigenvalue weighted by atomic mass is 16.5. The van der Waals surface area contributed by atoms with Crippen molar-refractivity contribution in [3.8, 4) is 11.5 Å². The molecule has 0 fully saturated rings. The molecule has 0 aromatic heterocycles. The van der Waals surface area contributed by atoms with Crippen LogP contribution in [0.1, 0.15) is 5.56 Å². The highest BCUT2D eigenvalue weighted by Crippen LogP contribution is 2.32. The standard InChI is InChI=1S/C18H17N3O3/c1-23-13-7-4-12(5-8-13)21-18(22)17-16(20-21)9-11-3-6-14(24-2)10-15(11)19-17/h3-8,10,17,19H,9H2,1-2H3. The number of ether oxygens (including phenoxy) is 2. The first-order valence-corrected chi connectivity index (χ1v) is 7.68. The maximum atomic E-state index is 12.7. The average Bonchev–Trinajstić information content (AvgIpc) is 2.95. The fourth-order valence-corrected chi connectivity index (χ4v) is 3.01. The van der Waals surface area contributed by atoms with Crippen LogP contribution in [0.2, 0.25) is 0 Å². The van der Waals surface area contributed by atoms with Gasteiger partial charge in [-0.1, -0.05) is 6.07 Å². The van der Waals surface area contributed by atoms with Gasteiger partial charge in [0.15, 0.2) is 0 Å². The number of carbonyl (C=O) groups is 1. The molecule has 0 bridgehead atoms. The fourth-order valence-electron chi connectivity index (χ4n) is 3.01. The Morgan fingerprint density at radius 1 is 1.08 bits per heavy atom. The molecule has 0 saturated carbocycles. The molecule has 122 valence electrons. The van der Waals surface area contributed by atoms with Crippen LogP contribution in [0.25, 0.3) is 0 Å². The lowest BCUT2D eigenvalue weighted by Crippen LogP contribution is -2.41. The number of carbonyl (C=O) groups excluding carboxylic acids is 1. The van der Waals surface area contributed by atoms with Gasteiger partial charge in [0.05, 0.1) is 25.6 Å². The first-order chi connectivity index (χ1) is 11.7. The van der Waals surface area contributed by atoms with Crippen LogP contribution in [0.3, 0.4) is 0 Å². The Labute approximate surface area is 139 Å². The van der Waals surface area contributed by atoms with Gasteiger partial charge in [0, 0.05) is 18.2 Å². The number of nitrogens with zero attached hydrogens (tertiary/aromatic N) is 2. The van der Waals surface area contributed by atoms with Gasteiger partial charge in [-0.15, -0.1) is 0 Å². The summed E-state index contributed by atoms with van der Waals surface area (Å²) in [7, 11) is 3.24. The summed E-state index contributed by atoms with van der Waals surface area (Å²) >= 11 is 0. The minimum atomic E-state index is -0.424. The molecule has 2 aliphatic rings. The van der Waals surface area contributed by atoms with Gasteiger partial charge in [-0.25, -0.2) is 0 Å². The number of amides is 1. The quantitative estimate of drug-likeness (QED) is 0.942. The first-order valence-electron chi connectivity index (χ1n) is 7.68. The maximum absolute atomic E-state index is 12.7. The van der Waals surface area contributed by atoms with Crippen LogP contribution in [0.4, 0.5) is 11.4 Å². The summed E-state index contributed by atoms with van der Waals surface area (Å²) in [5, 5.41) is 9.26. The topological polar surface area (TPSA) is 63.2 Å². The summed E-state index contributed by atoms with van der Waals surface area (Å²) in [6, 6.07) is 12.7. The molecule has 2 aromatic carbocycles. The van der Waals surface area contributed by atoms with E-state index in [4.69, 9.17) is 9.47 Å². The van der Waals surface area contributed by atoms with E-state index in [0.717, 1.165) is 34.1 Å². The molecule has 2 aromatic rings. The minimum Gasteiger partial charge on any atom is -0.497 e. The Morgan fingerprint density at radius 2 is 1.79 bits per heavy atom. The number of hydrogen-bond donors (Lipinski definition) is 1. The summed E-state index contributed by atoms with van der Waals surface area (Å²) in [5.74, 6) is 1.43. The second kappa shape index (κ2) is 5.56. The Hall–Kier alpha value is -3.02. The lowest BCUT2D eigenvalue weighted by molar-refractivity contribution is -0.117. The van der Waals surface area contributed by atoms with Crippen molar-refractivity contribution < 1.29 is 14.3 Å². The van der Waals surface area contributed by atoms with E-state index in [1.54, 1.807) is 14.2 Å². The maximum Gasteiger partial charge on any atom is 0.275 e. The molecule has 1 atom stereocenters. The fraction of sp³-hybridized carbons (Fsp3) is 0.222. The van der Waals surface area contributed by atoms with Crippen LogP contribution in [0.5, 0.6) is 11.5 Å². The zero-order valence-electron chi connectivity index (χ0n) is 13.4. The summed E-state index contributed by atoms with van der Waals surface area (Å²) in [4.78, 5) is 12.7. The van der Waals surface area contributed by atoms with Crippen molar-refractivity contribution in [1.29, 1.82) is 0 Å². The van der Waals surface area contributed by atoms with Gasteiger partial charge in [-0.05, 0) is 35.9 Å². The average molecular weight is 323 g/mol. The van der Waals surface area contributed by atoms with E-state index in [1.165, 1.54) is 5.01 Å². The predicted molar refractivity (Wildman–Crippen MR) is 92.0 cm³/mol. The molecule has 0 aliphatic carbocycles. The normalized spacial score (nSPS) is 18.4. The molecule has 0 radical (unpaired) electrons. The van der Waals surface area contributed by atoms with Crippen LogP contribution in [-0.4, -0.2) is 31.9 Å². The number of methoxy groups -OCH3 is 2. The van der Waals surface area contributed by atoms with Crippen LogP contribution >= 0.6 is 0 Å². The van der Waals surface area contributed by atoms with E-state index in [0.29, 0.717) is 6.42 Å². The minimum absolute atomic E-state index is 0.0800. The molecular weight excluding hydrogens is 306 g/mol. The number of anilines is 2. The van der Waals surface area contributed by atoms with E-state index >= 15 is 0 Å². The number of hydrazone groups is 1. The smallest absolute Gasteiger partial charge is 0.275 e. The summed E-state index contributed by atoms with van der Waals surface area (Å²) in [6.07, 6.45) is 0.648. The van der Waals surface area contributed by atoms with Crippen molar-refractivity contribution in [1.82, 2.24) is 0 Å². The Balaban J connectivity index is 1.63. The summed E-state index contributed by atoms with van der Waals surface area (Å²) in [6.45, 7) is 0. The lowest BCUT2D eigenvalue weighted by Gasteiger charge is -2.23. The molecule has 24 heavy (non-hydrogen) atoms. The highest BCUT2D eigenvalue weighted by molar-refractivity contribution is 6.22. The van der Waals surface area contributed by atoms with Crippen molar-refractivity contribution >= 4 is 23.0 Å². The molecule has 4 rings (SSSR count). The summed E-state index contributed by atoms with van der Waals surface area (Å²) in [5.41, 5.74) is 3.58. The molecule has 2 heterocycles. The molecule has 2 aliphatic heterocycles. The summed E-state index contributed by atoms with van der Waals surface area (Å²) < 4.78 is 10.4. The molecular formula is C18H17N3O3. The molecule has 0 saturated heterocycles. The lowest BCUT2D eigenvalue weighted by atomic mass is 9.96. The van der Waals surface area contributed by atoms with Gasteiger partial charge in [0.2, 0.25) is 0 Å². The van der Waals surface area contributed by atoms with E-state index in [1.807, 2.05) is 42.5 Å². The van der Waals surface area contributed by atoms with Crippen molar-refractivity contribution in [2.24, 2.45) is 5.10 Å². The van der Waals surface area contributed by atoms with E-state index in [2.05, 4.69) is 10.4 Å².